The molecular weight excluding hydrogens is 404 g/mol. The van der Waals surface area contributed by atoms with Crippen molar-refractivity contribution in [2.24, 2.45) is 0 Å². The third-order valence-electron chi connectivity index (χ3n) is 4.53. The van der Waals surface area contributed by atoms with Gasteiger partial charge in [0.15, 0.2) is 5.69 Å². The van der Waals surface area contributed by atoms with Crippen LogP contribution in [0.3, 0.4) is 0 Å². The maximum Gasteiger partial charge on any atom is 0.274 e. The zero-order chi connectivity index (χ0) is 21.7. The first-order chi connectivity index (χ1) is 14.3. The summed E-state index contributed by atoms with van der Waals surface area (Å²) in [5, 5.41) is 7.64. The Balaban J connectivity index is 1.70. The molecule has 3 rings (SSSR count). The highest BCUT2D eigenvalue weighted by molar-refractivity contribution is 7.89. The summed E-state index contributed by atoms with van der Waals surface area (Å²) in [4.78, 5) is 25.3. The molecule has 8 nitrogen and oxygen atoms in total. The van der Waals surface area contributed by atoms with E-state index in [1.165, 1.54) is 4.68 Å². The number of benzene rings is 2. The molecular formula is C21H24N4O4S. The van der Waals surface area contributed by atoms with Gasteiger partial charge in [-0.05, 0) is 25.5 Å². The predicted molar refractivity (Wildman–Crippen MR) is 116 cm³/mol. The molecule has 30 heavy (non-hydrogen) atoms. The molecule has 0 aliphatic rings. The molecule has 0 saturated carbocycles. The molecule has 0 fully saturated rings. The maximum atomic E-state index is 12.7. The Kier molecular flexibility index (Phi) is 6.63. The van der Waals surface area contributed by atoms with E-state index in [2.05, 4.69) is 15.1 Å². The van der Waals surface area contributed by atoms with Crippen molar-refractivity contribution in [3.63, 3.8) is 0 Å². The molecule has 0 spiro atoms. The van der Waals surface area contributed by atoms with Crippen LogP contribution < -0.4 is 15.6 Å². The first-order valence-corrected chi connectivity index (χ1v) is 11.2. The Hall–Kier alpha value is -3.04. The van der Waals surface area contributed by atoms with Crippen molar-refractivity contribution < 1.29 is 13.2 Å². The van der Waals surface area contributed by atoms with Crippen LogP contribution in [0.4, 0.5) is 0 Å². The van der Waals surface area contributed by atoms with Gasteiger partial charge in [-0.1, -0.05) is 48.5 Å². The SMILES string of the molecule is CC(C)n1nc(C(=O)NCCS(=O)(=O)NCc2ccccc2)c2ccccc2c1=O. The second-order valence-electron chi connectivity index (χ2n) is 7.12. The number of nitrogens with zero attached hydrogens (tertiary/aromatic N) is 2. The summed E-state index contributed by atoms with van der Waals surface area (Å²) >= 11 is 0. The first-order valence-electron chi connectivity index (χ1n) is 9.59. The van der Waals surface area contributed by atoms with Crippen LogP contribution in [0.2, 0.25) is 0 Å². The fraction of sp³-hybridized carbons (Fsp3) is 0.286. The summed E-state index contributed by atoms with van der Waals surface area (Å²) in [7, 11) is -3.57. The largest absolute Gasteiger partial charge is 0.350 e. The van der Waals surface area contributed by atoms with Crippen molar-refractivity contribution in [2.45, 2.75) is 26.4 Å². The molecule has 1 amide bonds. The van der Waals surface area contributed by atoms with Gasteiger partial charge in [0, 0.05) is 18.5 Å². The van der Waals surface area contributed by atoms with Gasteiger partial charge in [0.05, 0.1) is 17.2 Å². The number of hydrogen-bond acceptors (Lipinski definition) is 5. The van der Waals surface area contributed by atoms with E-state index in [1.54, 1.807) is 38.1 Å². The maximum absolute atomic E-state index is 12.7. The van der Waals surface area contributed by atoms with Crippen LogP contribution >= 0.6 is 0 Å². The van der Waals surface area contributed by atoms with Crippen LogP contribution in [0, 0.1) is 0 Å². The monoisotopic (exact) mass is 428 g/mol. The van der Waals surface area contributed by atoms with E-state index in [0.29, 0.717) is 10.8 Å². The molecule has 3 aromatic rings. The van der Waals surface area contributed by atoms with Gasteiger partial charge in [0.1, 0.15) is 0 Å². The third-order valence-corrected chi connectivity index (χ3v) is 5.85. The quantitative estimate of drug-likeness (QED) is 0.569. The molecule has 1 heterocycles. The summed E-state index contributed by atoms with van der Waals surface area (Å²) in [6, 6.07) is 15.7. The molecule has 0 unspecified atom stereocenters. The average Bonchev–Trinajstić information content (AvgIpc) is 2.73. The van der Waals surface area contributed by atoms with Crippen LogP contribution in [0.5, 0.6) is 0 Å². The highest BCUT2D eigenvalue weighted by atomic mass is 32.2. The lowest BCUT2D eigenvalue weighted by Crippen LogP contribution is -2.36. The van der Waals surface area contributed by atoms with Gasteiger partial charge < -0.3 is 5.32 Å². The number of nitrogens with one attached hydrogen (secondary N) is 2. The summed E-state index contributed by atoms with van der Waals surface area (Å²) in [6.45, 7) is 3.70. The lowest BCUT2D eigenvalue weighted by Gasteiger charge is -2.13. The minimum atomic E-state index is -3.57. The smallest absolute Gasteiger partial charge is 0.274 e. The number of rotatable bonds is 8. The lowest BCUT2D eigenvalue weighted by atomic mass is 10.1. The van der Waals surface area contributed by atoms with Crippen LogP contribution in [0.25, 0.3) is 10.8 Å². The minimum Gasteiger partial charge on any atom is -0.350 e. The van der Waals surface area contributed by atoms with E-state index in [1.807, 2.05) is 30.3 Å². The number of sulfonamides is 1. The Bertz CT molecular complexity index is 1200. The molecule has 1 aromatic heterocycles. The van der Waals surface area contributed by atoms with Crippen LogP contribution in [-0.2, 0) is 16.6 Å². The number of aromatic nitrogens is 2. The van der Waals surface area contributed by atoms with Crippen molar-refractivity contribution in [1.29, 1.82) is 0 Å². The molecule has 0 saturated heterocycles. The average molecular weight is 429 g/mol. The highest BCUT2D eigenvalue weighted by Crippen LogP contribution is 2.14. The van der Waals surface area contributed by atoms with Crippen LogP contribution in [0.1, 0.15) is 35.9 Å². The second kappa shape index (κ2) is 9.19. The number of hydrogen-bond donors (Lipinski definition) is 2. The zero-order valence-electron chi connectivity index (χ0n) is 16.8. The van der Waals surface area contributed by atoms with Crippen LogP contribution in [0.15, 0.2) is 59.4 Å². The Labute approximate surface area is 175 Å². The summed E-state index contributed by atoms with van der Waals surface area (Å²) in [5.74, 6) is -0.799. The molecule has 2 aromatic carbocycles. The number of amides is 1. The summed E-state index contributed by atoms with van der Waals surface area (Å²) in [6.07, 6.45) is 0. The van der Waals surface area contributed by atoms with Gasteiger partial charge in [-0.2, -0.15) is 5.10 Å². The van der Waals surface area contributed by atoms with Crippen molar-refractivity contribution in [3.05, 3.63) is 76.2 Å². The summed E-state index contributed by atoms with van der Waals surface area (Å²) in [5.41, 5.74) is 0.662. The van der Waals surface area contributed by atoms with Crippen molar-refractivity contribution in [3.8, 4) is 0 Å². The van der Waals surface area contributed by atoms with E-state index >= 15 is 0 Å². The van der Waals surface area contributed by atoms with Gasteiger partial charge in [-0.15, -0.1) is 0 Å². The molecule has 0 aliphatic heterocycles. The molecule has 0 aliphatic carbocycles. The second-order valence-corrected chi connectivity index (χ2v) is 9.05. The molecule has 0 atom stereocenters. The van der Waals surface area contributed by atoms with E-state index in [4.69, 9.17) is 0 Å². The van der Waals surface area contributed by atoms with Crippen molar-refractivity contribution >= 4 is 26.7 Å². The molecule has 0 bridgehead atoms. The van der Waals surface area contributed by atoms with E-state index in [0.717, 1.165) is 5.56 Å². The topological polar surface area (TPSA) is 110 Å². The molecule has 9 heteroatoms. The van der Waals surface area contributed by atoms with Crippen LogP contribution in [-0.4, -0.2) is 36.4 Å². The van der Waals surface area contributed by atoms with E-state index in [9.17, 15) is 18.0 Å². The summed E-state index contributed by atoms with van der Waals surface area (Å²) < 4.78 is 28.2. The minimum absolute atomic E-state index is 0.0836. The first kappa shape index (κ1) is 21.7. The molecule has 0 radical (unpaired) electrons. The van der Waals surface area contributed by atoms with Gasteiger partial charge in [-0.3, -0.25) is 9.59 Å². The highest BCUT2D eigenvalue weighted by Gasteiger charge is 2.18. The Morgan fingerprint density at radius 3 is 2.33 bits per heavy atom. The number of carbonyl (C=O) groups excluding carboxylic acids is 1. The van der Waals surface area contributed by atoms with E-state index < -0.39 is 15.9 Å². The predicted octanol–water partition coefficient (Wildman–Crippen LogP) is 1.83. The standard InChI is InChI=1S/C21H24N4O4S/c1-15(2)25-21(27)18-11-7-6-10-17(18)19(24-25)20(26)22-12-13-30(28,29)23-14-16-8-4-3-5-9-16/h3-11,15,23H,12-14H2,1-2H3,(H,22,26). The number of carbonyl (C=O) groups is 1. The fourth-order valence-corrected chi connectivity index (χ4v) is 3.87. The third kappa shape index (κ3) is 5.11. The van der Waals surface area contributed by atoms with Gasteiger partial charge in [0.2, 0.25) is 10.0 Å². The van der Waals surface area contributed by atoms with Gasteiger partial charge in [0.25, 0.3) is 11.5 Å². The molecule has 2 N–H and O–H groups in total. The molecule has 158 valence electrons. The van der Waals surface area contributed by atoms with Crippen molar-refractivity contribution in [1.82, 2.24) is 19.8 Å². The van der Waals surface area contributed by atoms with Gasteiger partial charge >= 0.3 is 0 Å². The fourth-order valence-electron chi connectivity index (χ4n) is 2.97. The Morgan fingerprint density at radius 2 is 1.67 bits per heavy atom. The van der Waals surface area contributed by atoms with Crippen molar-refractivity contribution in [2.75, 3.05) is 12.3 Å². The zero-order valence-corrected chi connectivity index (χ0v) is 17.6. The van der Waals surface area contributed by atoms with Gasteiger partial charge in [-0.25, -0.2) is 17.8 Å². The van der Waals surface area contributed by atoms with E-state index in [-0.39, 0.29) is 36.1 Å². The number of fused-ring (bicyclic) bond motifs is 1. The lowest BCUT2D eigenvalue weighted by molar-refractivity contribution is 0.0950. The Morgan fingerprint density at radius 1 is 1.03 bits per heavy atom. The normalized spacial score (nSPS) is 11.7.